The number of likely N-dealkylation sites (N-methyl/N-ethyl adjacent to an activating group) is 1. The number of anilines is 1. The number of amides is 1. The number of ether oxygens (including phenoxy) is 2. The molecule has 0 radical (unpaired) electrons. The van der Waals surface area contributed by atoms with Crippen LogP contribution in [0.25, 0.3) is 0 Å². The van der Waals surface area contributed by atoms with Crippen molar-refractivity contribution < 1.29 is 14.3 Å². The fourth-order valence-electron chi connectivity index (χ4n) is 5.99. The fraction of sp³-hybridized carbons (Fsp3) is 0.613. The Bertz CT molecular complexity index is 1240. The fourth-order valence-corrected chi connectivity index (χ4v) is 5.99. The number of rotatable bonds is 7. The van der Waals surface area contributed by atoms with Gasteiger partial charge >= 0.3 is 12.1 Å². The number of hydrogen-bond acceptors (Lipinski definition) is 9. The van der Waals surface area contributed by atoms with Crippen molar-refractivity contribution in [1.82, 2.24) is 24.7 Å². The molecule has 1 amide bonds. The Balaban J connectivity index is 1.39. The summed E-state index contributed by atoms with van der Waals surface area (Å²) in [5.74, 6) is 0.871. The highest BCUT2D eigenvalue weighted by Crippen LogP contribution is 2.31. The maximum atomic E-state index is 13.0. The van der Waals surface area contributed by atoms with Gasteiger partial charge in [0, 0.05) is 50.9 Å². The third kappa shape index (κ3) is 7.27. The highest BCUT2D eigenvalue weighted by molar-refractivity contribution is 5.69. The summed E-state index contributed by atoms with van der Waals surface area (Å²) in [6.07, 6.45) is 2.98. The summed E-state index contributed by atoms with van der Waals surface area (Å²) in [5, 5.41) is 9.59. The number of fused-ring (bicyclic) bond motifs is 1. The van der Waals surface area contributed by atoms with Crippen LogP contribution in [0.2, 0.25) is 0 Å². The van der Waals surface area contributed by atoms with Crippen molar-refractivity contribution >= 4 is 11.9 Å². The number of aromatic nitrogens is 2. The topological polar surface area (TPSA) is 98.1 Å². The van der Waals surface area contributed by atoms with E-state index in [1.54, 1.807) is 4.90 Å². The van der Waals surface area contributed by atoms with E-state index in [1.807, 2.05) is 26.8 Å². The van der Waals surface area contributed by atoms with Gasteiger partial charge in [0.15, 0.2) is 0 Å². The average Bonchev–Trinajstić information content (AvgIpc) is 3.35. The first-order valence-corrected chi connectivity index (χ1v) is 14.8. The normalized spacial score (nSPS) is 21.8. The van der Waals surface area contributed by atoms with Gasteiger partial charge in [-0.3, -0.25) is 4.90 Å². The molecule has 10 heteroatoms. The Morgan fingerprint density at radius 1 is 1.10 bits per heavy atom. The largest absolute Gasteiger partial charge is 0.462 e. The van der Waals surface area contributed by atoms with E-state index in [0.29, 0.717) is 38.3 Å². The molecule has 220 valence electrons. The number of nitrogens with zero attached hydrogens (tertiary/aromatic N) is 7. The molecule has 4 heterocycles. The molecule has 1 aromatic carbocycles. The molecule has 2 atom stereocenters. The lowest BCUT2D eigenvalue weighted by atomic mass is 10.0. The standard InChI is InChI=1S/C31H43N7O3/c1-31(2,3)41-30(39)38-18-17-37(20-24(38)12-14-32)28-26-13-16-36(19-23-9-6-5-7-10-23)21-27(26)33-29(34-28)40-22-25-11-8-15-35(25)4/h5-7,9-10,24-25H,8,11-13,15-22H2,1-4H3/t24-,25+/m0/s1. The van der Waals surface area contributed by atoms with E-state index in [1.165, 1.54) is 12.0 Å². The van der Waals surface area contributed by atoms with Gasteiger partial charge in [0.05, 0.1) is 24.2 Å². The summed E-state index contributed by atoms with van der Waals surface area (Å²) < 4.78 is 11.9. The molecular weight excluding hydrogens is 518 g/mol. The molecule has 0 saturated carbocycles. The van der Waals surface area contributed by atoms with Crippen LogP contribution in [-0.4, -0.2) is 94.8 Å². The summed E-state index contributed by atoms with van der Waals surface area (Å²) in [7, 11) is 2.14. The number of nitriles is 1. The third-order valence-corrected chi connectivity index (χ3v) is 8.16. The van der Waals surface area contributed by atoms with E-state index < -0.39 is 5.60 Å². The van der Waals surface area contributed by atoms with Gasteiger partial charge in [0.1, 0.15) is 18.0 Å². The van der Waals surface area contributed by atoms with Gasteiger partial charge in [-0.1, -0.05) is 30.3 Å². The van der Waals surface area contributed by atoms with Gasteiger partial charge in [-0.15, -0.1) is 0 Å². The number of piperazine rings is 1. The van der Waals surface area contributed by atoms with E-state index in [0.717, 1.165) is 56.1 Å². The predicted molar refractivity (Wildman–Crippen MR) is 157 cm³/mol. The Labute approximate surface area is 243 Å². The molecule has 0 bridgehead atoms. The Morgan fingerprint density at radius 3 is 2.61 bits per heavy atom. The lowest BCUT2D eigenvalue weighted by Crippen LogP contribution is -2.56. The van der Waals surface area contributed by atoms with Crippen LogP contribution in [0.3, 0.4) is 0 Å². The van der Waals surface area contributed by atoms with Crippen LogP contribution >= 0.6 is 0 Å². The molecule has 1 aromatic heterocycles. The second-order valence-corrected chi connectivity index (χ2v) is 12.4. The molecule has 0 spiro atoms. The lowest BCUT2D eigenvalue weighted by molar-refractivity contribution is 0.0144. The number of likely N-dealkylation sites (tertiary alicyclic amines) is 1. The number of carbonyl (C=O) groups is 1. The Hall–Kier alpha value is -3.42. The minimum absolute atomic E-state index is 0.227. The quantitative estimate of drug-likeness (QED) is 0.499. The summed E-state index contributed by atoms with van der Waals surface area (Å²) in [6, 6.07) is 13.3. The first kappa shape index (κ1) is 29.1. The number of carbonyl (C=O) groups excluding carboxylic acids is 1. The molecule has 3 aliphatic heterocycles. The SMILES string of the molecule is CN1CCC[C@@H]1COc1nc2c(c(N3CCN(C(=O)OC(C)(C)C)[C@@H](CC#N)C3)n1)CCN(Cc1ccccc1)C2. The lowest BCUT2D eigenvalue weighted by Gasteiger charge is -2.42. The first-order valence-electron chi connectivity index (χ1n) is 14.8. The van der Waals surface area contributed by atoms with Crippen LogP contribution in [0.4, 0.5) is 10.6 Å². The van der Waals surface area contributed by atoms with E-state index >= 15 is 0 Å². The second kappa shape index (κ2) is 12.6. The maximum Gasteiger partial charge on any atom is 0.410 e. The van der Waals surface area contributed by atoms with Gasteiger partial charge < -0.3 is 24.2 Å². The summed E-state index contributed by atoms with van der Waals surface area (Å²) >= 11 is 0. The summed E-state index contributed by atoms with van der Waals surface area (Å²) in [4.78, 5) is 31.5. The summed E-state index contributed by atoms with van der Waals surface area (Å²) in [6.45, 7) is 11.3. The second-order valence-electron chi connectivity index (χ2n) is 12.4. The average molecular weight is 562 g/mol. The van der Waals surface area contributed by atoms with E-state index in [2.05, 4.69) is 52.1 Å². The molecule has 2 saturated heterocycles. The van der Waals surface area contributed by atoms with Crippen LogP contribution in [0.5, 0.6) is 6.01 Å². The van der Waals surface area contributed by atoms with Crippen molar-refractivity contribution in [1.29, 1.82) is 5.26 Å². The van der Waals surface area contributed by atoms with Crippen LogP contribution in [0.15, 0.2) is 30.3 Å². The molecule has 3 aliphatic rings. The highest BCUT2D eigenvalue weighted by Gasteiger charge is 2.36. The van der Waals surface area contributed by atoms with Crippen molar-refractivity contribution in [3.8, 4) is 12.1 Å². The zero-order valence-corrected chi connectivity index (χ0v) is 24.9. The van der Waals surface area contributed by atoms with E-state index in [-0.39, 0.29) is 18.6 Å². The minimum Gasteiger partial charge on any atom is -0.462 e. The van der Waals surface area contributed by atoms with Crippen molar-refractivity contribution in [3.63, 3.8) is 0 Å². The zero-order chi connectivity index (χ0) is 29.0. The van der Waals surface area contributed by atoms with Gasteiger partial charge in [0.2, 0.25) is 0 Å². The first-order chi connectivity index (χ1) is 19.7. The smallest absolute Gasteiger partial charge is 0.410 e. The maximum absolute atomic E-state index is 13.0. The van der Waals surface area contributed by atoms with Crippen molar-refractivity contribution in [2.75, 3.05) is 51.3 Å². The van der Waals surface area contributed by atoms with Gasteiger partial charge in [0.25, 0.3) is 0 Å². The minimum atomic E-state index is -0.595. The Morgan fingerprint density at radius 2 is 1.90 bits per heavy atom. The monoisotopic (exact) mass is 561 g/mol. The molecule has 0 unspecified atom stereocenters. The van der Waals surface area contributed by atoms with Crippen LogP contribution in [-0.2, 0) is 24.2 Å². The molecule has 2 aromatic rings. The number of hydrogen-bond donors (Lipinski definition) is 0. The predicted octanol–water partition coefficient (Wildman–Crippen LogP) is 3.85. The zero-order valence-electron chi connectivity index (χ0n) is 24.9. The molecule has 41 heavy (non-hydrogen) atoms. The molecular formula is C31H43N7O3. The Kier molecular flexibility index (Phi) is 8.95. The van der Waals surface area contributed by atoms with E-state index in [9.17, 15) is 10.1 Å². The van der Waals surface area contributed by atoms with Gasteiger partial charge in [-0.2, -0.15) is 15.2 Å². The molecule has 0 aliphatic carbocycles. The van der Waals surface area contributed by atoms with Crippen molar-refractivity contribution in [2.24, 2.45) is 0 Å². The van der Waals surface area contributed by atoms with Crippen LogP contribution < -0.4 is 9.64 Å². The van der Waals surface area contributed by atoms with Crippen molar-refractivity contribution in [3.05, 3.63) is 47.2 Å². The summed E-state index contributed by atoms with van der Waals surface area (Å²) in [5.41, 5.74) is 2.82. The highest BCUT2D eigenvalue weighted by atomic mass is 16.6. The van der Waals surface area contributed by atoms with Crippen molar-refractivity contribution in [2.45, 2.75) is 77.2 Å². The van der Waals surface area contributed by atoms with Crippen LogP contribution in [0.1, 0.15) is 56.9 Å². The molecule has 5 rings (SSSR count). The molecule has 10 nitrogen and oxygen atoms in total. The molecule has 0 N–H and O–H groups in total. The third-order valence-electron chi connectivity index (χ3n) is 8.16. The van der Waals surface area contributed by atoms with Gasteiger partial charge in [-0.05, 0) is 59.2 Å². The number of benzene rings is 1. The van der Waals surface area contributed by atoms with E-state index in [4.69, 9.17) is 19.4 Å². The van der Waals surface area contributed by atoms with Gasteiger partial charge in [-0.25, -0.2) is 4.79 Å². The van der Waals surface area contributed by atoms with Crippen LogP contribution in [0, 0.1) is 11.3 Å². The molecule has 2 fully saturated rings.